The minimum Gasteiger partial charge on any atom is -0.461 e. The fourth-order valence-corrected chi connectivity index (χ4v) is 2.82. The standard InChI is InChI=1S/C11H10BrNO5/c1-2-16-10(15)6-4-11(18-13-6)3-5(12)7(14)8-9(11)17-8/h3,8-9H,2,4H2,1H3/t8-,9-,11+/m1/s1. The Morgan fingerprint density at radius 2 is 2.50 bits per heavy atom. The summed E-state index contributed by atoms with van der Waals surface area (Å²) in [6.45, 7) is 2.01. The van der Waals surface area contributed by atoms with Crippen molar-refractivity contribution < 1.29 is 23.9 Å². The van der Waals surface area contributed by atoms with E-state index < -0.39 is 17.7 Å². The largest absolute Gasteiger partial charge is 0.461 e. The van der Waals surface area contributed by atoms with Crippen LogP contribution in [0.3, 0.4) is 0 Å². The summed E-state index contributed by atoms with van der Waals surface area (Å²) in [6.07, 6.45) is 1.04. The van der Waals surface area contributed by atoms with Crippen molar-refractivity contribution in [2.75, 3.05) is 6.61 Å². The summed E-state index contributed by atoms with van der Waals surface area (Å²) in [6, 6.07) is 0. The summed E-state index contributed by atoms with van der Waals surface area (Å²) in [4.78, 5) is 28.5. The van der Waals surface area contributed by atoms with E-state index in [1.807, 2.05) is 0 Å². The fraction of sp³-hybridized carbons (Fsp3) is 0.545. The van der Waals surface area contributed by atoms with Crippen LogP contribution in [0.1, 0.15) is 13.3 Å². The number of hydrogen-bond acceptors (Lipinski definition) is 6. The average molecular weight is 316 g/mol. The Bertz CT molecular complexity index is 500. The second kappa shape index (κ2) is 3.89. The van der Waals surface area contributed by atoms with Crippen molar-refractivity contribution in [2.24, 2.45) is 5.16 Å². The van der Waals surface area contributed by atoms with Crippen LogP contribution in [0, 0.1) is 0 Å². The lowest BCUT2D eigenvalue weighted by molar-refractivity contribution is -0.135. The predicted octanol–water partition coefficient (Wildman–Crippen LogP) is 0.693. The molecular formula is C11H10BrNO5. The second-order valence-corrected chi connectivity index (χ2v) is 5.17. The van der Waals surface area contributed by atoms with Gasteiger partial charge in [-0.3, -0.25) is 4.79 Å². The Balaban J connectivity index is 1.81. The van der Waals surface area contributed by atoms with E-state index in [1.165, 1.54) is 0 Å². The maximum atomic E-state index is 11.6. The van der Waals surface area contributed by atoms with Crippen molar-refractivity contribution in [1.82, 2.24) is 0 Å². The SMILES string of the molecule is CCOC(=O)C1=NO[C@@]2(C=C(Br)C(=O)[C@H]3O[C@H]32)C1. The van der Waals surface area contributed by atoms with Crippen molar-refractivity contribution in [3.8, 4) is 0 Å². The topological polar surface area (TPSA) is 77.5 Å². The molecule has 3 atom stereocenters. The number of esters is 1. The number of ether oxygens (including phenoxy) is 2. The Kier molecular flexibility index (Phi) is 2.56. The molecule has 1 spiro atoms. The highest BCUT2D eigenvalue weighted by atomic mass is 79.9. The molecule has 0 unspecified atom stereocenters. The number of oxime groups is 1. The monoisotopic (exact) mass is 315 g/mol. The Hall–Kier alpha value is -1.21. The first kappa shape index (κ1) is 11.9. The molecule has 18 heavy (non-hydrogen) atoms. The number of fused-ring (bicyclic) bond motifs is 2. The first-order chi connectivity index (χ1) is 8.57. The van der Waals surface area contributed by atoms with Crippen LogP contribution in [0.15, 0.2) is 15.7 Å². The molecule has 0 bridgehead atoms. The number of hydrogen-bond donors (Lipinski definition) is 0. The van der Waals surface area contributed by atoms with Crippen LogP contribution < -0.4 is 0 Å². The molecule has 0 amide bonds. The zero-order valence-corrected chi connectivity index (χ0v) is 11.1. The van der Waals surface area contributed by atoms with Crippen LogP contribution in [0.4, 0.5) is 0 Å². The van der Waals surface area contributed by atoms with E-state index >= 15 is 0 Å². The van der Waals surface area contributed by atoms with E-state index in [1.54, 1.807) is 13.0 Å². The van der Waals surface area contributed by atoms with E-state index in [4.69, 9.17) is 14.3 Å². The molecule has 1 saturated heterocycles. The highest BCUT2D eigenvalue weighted by molar-refractivity contribution is 9.12. The lowest BCUT2D eigenvalue weighted by atomic mass is 9.86. The van der Waals surface area contributed by atoms with E-state index in [2.05, 4.69) is 21.1 Å². The zero-order valence-electron chi connectivity index (χ0n) is 9.51. The quantitative estimate of drug-likeness (QED) is 0.553. The summed E-state index contributed by atoms with van der Waals surface area (Å²) in [5.41, 5.74) is -0.628. The molecule has 3 aliphatic rings. The second-order valence-electron chi connectivity index (χ2n) is 4.32. The maximum absolute atomic E-state index is 11.6. The van der Waals surface area contributed by atoms with Gasteiger partial charge in [0.25, 0.3) is 0 Å². The number of carbonyl (C=O) groups excluding carboxylic acids is 2. The fourth-order valence-electron chi connectivity index (χ4n) is 2.21. The third kappa shape index (κ3) is 1.61. The van der Waals surface area contributed by atoms with E-state index in [0.717, 1.165) is 0 Å². The molecule has 96 valence electrons. The van der Waals surface area contributed by atoms with Gasteiger partial charge in [-0.1, -0.05) is 5.16 Å². The van der Waals surface area contributed by atoms with Gasteiger partial charge in [-0.15, -0.1) is 0 Å². The Labute approximate surface area is 111 Å². The van der Waals surface area contributed by atoms with Crippen LogP contribution in [-0.4, -0.2) is 41.9 Å². The molecule has 2 aliphatic heterocycles. The van der Waals surface area contributed by atoms with E-state index in [9.17, 15) is 9.59 Å². The number of halogens is 1. The van der Waals surface area contributed by atoms with Gasteiger partial charge in [-0.2, -0.15) is 0 Å². The number of nitrogens with zero attached hydrogens (tertiary/aromatic N) is 1. The summed E-state index contributed by atoms with van der Waals surface area (Å²) in [5.74, 6) is -0.591. The molecule has 0 radical (unpaired) electrons. The van der Waals surface area contributed by atoms with Crippen molar-refractivity contribution in [3.63, 3.8) is 0 Å². The van der Waals surface area contributed by atoms with Gasteiger partial charge in [-0.05, 0) is 28.9 Å². The van der Waals surface area contributed by atoms with Crippen LogP contribution in [0.25, 0.3) is 0 Å². The smallest absolute Gasteiger partial charge is 0.356 e. The molecule has 0 saturated carbocycles. The molecule has 0 N–H and O–H groups in total. The normalized spacial score (nSPS) is 36.7. The number of rotatable bonds is 2. The molecule has 0 aromatic heterocycles. The number of epoxide rings is 1. The lowest BCUT2D eigenvalue weighted by Gasteiger charge is -2.23. The molecule has 6 nitrogen and oxygen atoms in total. The molecule has 1 fully saturated rings. The number of ketones is 1. The molecule has 1 aliphatic carbocycles. The molecule has 2 heterocycles. The first-order valence-corrected chi connectivity index (χ1v) is 6.37. The van der Waals surface area contributed by atoms with E-state index in [0.29, 0.717) is 4.48 Å². The molecular weight excluding hydrogens is 306 g/mol. The third-order valence-electron chi connectivity index (χ3n) is 3.12. The van der Waals surface area contributed by atoms with Crippen molar-refractivity contribution in [2.45, 2.75) is 31.2 Å². The molecule has 3 rings (SSSR count). The zero-order chi connectivity index (χ0) is 12.9. The van der Waals surface area contributed by atoms with Crippen LogP contribution in [-0.2, 0) is 23.9 Å². The predicted molar refractivity (Wildman–Crippen MR) is 63.2 cm³/mol. The van der Waals surface area contributed by atoms with Gasteiger partial charge in [0.05, 0.1) is 11.1 Å². The molecule has 0 aromatic carbocycles. The average Bonchev–Trinajstić information content (AvgIpc) is 3.04. The summed E-state index contributed by atoms with van der Waals surface area (Å²) < 4.78 is 10.6. The Morgan fingerprint density at radius 1 is 1.72 bits per heavy atom. The lowest BCUT2D eigenvalue weighted by Crippen LogP contribution is -2.40. The summed E-state index contributed by atoms with van der Waals surface area (Å²) in [5, 5.41) is 3.75. The van der Waals surface area contributed by atoms with Gasteiger partial charge in [-0.25, -0.2) is 4.79 Å². The number of Topliss-reactive ketones (excluding diaryl/α,β-unsaturated/α-hetero) is 1. The van der Waals surface area contributed by atoms with Gasteiger partial charge in [0.15, 0.2) is 17.4 Å². The van der Waals surface area contributed by atoms with Crippen LogP contribution >= 0.6 is 15.9 Å². The summed E-state index contributed by atoms with van der Waals surface area (Å²) >= 11 is 3.18. The Morgan fingerprint density at radius 3 is 3.22 bits per heavy atom. The van der Waals surface area contributed by atoms with Gasteiger partial charge in [0, 0.05) is 6.42 Å². The van der Waals surface area contributed by atoms with Crippen molar-refractivity contribution >= 4 is 33.4 Å². The first-order valence-electron chi connectivity index (χ1n) is 5.57. The van der Waals surface area contributed by atoms with Gasteiger partial charge in [0.2, 0.25) is 5.78 Å². The van der Waals surface area contributed by atoms with Crippen LogP contribution in [0.5, 0.6) is 0 Å². The van der Waals surface area contributed by atoms with Gasteiger partial charge < -0.3 is 14.3 Å². The third-order valence-corrected chi connectivity index (χ3v) is 3.74. The number of carbonyl (C=O) groups is 2. The van der Waals surface area contributed by atoms with Crippen LogP contribution in [0.2, 0.25) is 0 Å². The van der Waals surface area contributed by atoms with Crippen molar-refractivity contribution in [3.05, 3.63) is 10.6 Å². The maximum Gasteiger partial charge on any atom is 0.356 e. The molecule has 7 heteroatoms. The highest BCUT2D eigenvalue weighted by Crippen LogP contribution is 2.47. The minimum atomic E-state index is -0.848. The highest BCUT2D eigenvalue weighted by Gasteiger charge is 2.65. The van der Waals surface area contributed by atoms with Crippen molar-refractivity contribution in [1.29, 1.82) is 0 Å². The van der Waals surface area contributed by atoms with E-state index in [-0.39, 0.29) is 30.6 Å². The van der Waals surface area contributed by atoms with Gasteiger partial charge in [0.1, 0.15) is 6.10 Å². The molecule has 0 aromatic rings. The minimum absolute atomic E-state index is 0.0983. The van der Waals surface area contributed by atoms with Gasteiger partial charge >= 0.3 is 5.97 Å². The summed E-state index contributed by atoms with van der Waals surface area (Å²) in [7, 11) is 0.